The summed E-state index contributed by atoms with van der Waals surface area (Å²) in [4.78, 5) is 0. The van der Waals surface area contributed by atoms with E-state index in [-0.39, 0.29) is 5.38 Å². The largest absolute Gasteiger partial charge is 0.112 e. The first-order chi connectivity index (χ1) is 8.50. The third-order valence-electron chi connectivity index (χ3n) is 3.06. The number of benzene rings is 2. The highest BCUT2D eigenvalue weighted by Gasteiger charge is 2.17. The number of alkyl halides is 1. The van der Waals surface area contributed by atoms with Gasteiger partial charge in [0.2, 0.25) is 0 Å². The molecule has 0 N–H and O–H groups in total. The second-order valence-electron chi connectivity index (χ2n) is 4.34. The van der Waals surface area contributed by atoms with Crippen LogP contribution in [-0.4, -0.2) is 0 Å². The summed E-state index contributed by atoms with van der Waals surface area (Å²) in [7, 11) is 0. The second-order valence-corrected chi connectivity index (χ2v) is 5.59. The topological polar surface area (TPSA) is 0 Å². The zero-order chi connectivity index (χ0) is 13.3. The molecule has 1 unspecified atom stereocenters. The highest BCUT2D eigenvalue weighted by atomic mass is 35.5. The normalized spacial score (nSPS) is 12.5. The van der Waals surface area contributed by atoms with Gasteiger partial charge in [0.25, 0.3) is 0 Å². The van der Waals surface area contributed by atoms with Gasteiger partial charge >= 0.3 is 0 Å². The van der Waals surface area contributed by atoms with Crippen LogP contribution in [0, 0.1) is 13.8 Å². The average Bonchev–Trinajstić information content (AvgIpc) is 2.33. The fourth-order valence-electron chi connectivity index (χ4n) is 1.85. The Balaban J connectivity index is 2.50. The number of rotatable bonds is 2. The summed E-state index contributed by atoms with van der Waals surface area (Å²) >= 11 is 18.9. The molecule has 0 radical (unpaired) electrons. The predicted octanol–water partition coefficient (Wildman–Crippen LogP) is 5.94. The lowest BCUT2D eigenvalue weighted by Crippen LogP contribution is -1.97. The second kappa shape index (κ2) is 5.52. The van der Waals surface area contributed by atoms with E-state index in [4.69, 9.17) is 34.8 Å². The van der Waals surface area contributed by atoms with Crippen LogP contribution in [0.3, 0.4) is 0 Å². The standard InChI is InChI=1S/C15H13Cl3/c1-9-7-12(14(17)8-10(9)2)15(18)11-5-3-4-6-13(11)16/h3-8,15H,1-2H3. The van der Waals surface area contributed by atoms with Crippen LogP contribution in [0.25, 0.3) is 0 Å². The van der Waals surface area contributed by atoms with E-state index in [9.17, 15) is 0 Å². The average molecular weight is 300 g/mol. The lowest BCUT2D eigenvalue weighted by atomic mass is 10.00. The van der Waals surface area contributed by atoms with Crippen molar-refractivity contribution in [2.45, 2.75) is 19.2 Å². The molecule has 2 aromatic carbocycles. The maximum Gasteiger partial charge on any atom is 0.0864 e. The Labute approximate surface area is 122 Å². The summed E-state index contributed by atoms with van der Waals surface area (Å²) in [6.07, 6.45) is 0. The number of hydrogen-bond acceptors (Lipinski definition) is 0. The van der Waals surface area contributed by atoms with Gasteiger partial charge in [0.15, 0.2) is 0 Å². The van der Waals surface area contributed by atoms with Crippen LogP contribution in [0.2, 0.25) is 10.0 Å². The zero-order valence-corrected chi connectivity index (χ0v) is 12.4. The molecule has 0 spiro atoms. The molecule has 0 aliphatic rings. The first-order valence-corrected chi connectivity index (χ1v) is 6.85. The molecule has 0 aliphatic heterocycles. The monoisotopic (exact) mass is 298 g/mol. The molecule has 0 nitrogen and oxygen atoms in total. The SMILES string of the molecule is Cc1cc(Cl)c(C(Cl)c2ccccc2Cl)cc1C. The minimum atomic E-state index is -0.328. The van der Waals surface area contributed by atoms with Crippen LogP contribution in [0.4, 0.5) is 0 Å². The molecule has 2 aromatic rings. The maximum absolute atomic E-state index is 6.50. The van der Waals surface area contributed by atoms with Crippen molar-refractivity contribution in [1.82, 2.24) is 0 Å². The third-order valence-corrected chi connectivity index (χ3v) is 4.21. The summed E-state index contributed by atoms with van der Waals surface area (Å²) < 4.78 is 0. The van der Waals surface area contributed by atoms with Crippen molar-refractivity contribution in [2.75, 3.05) is 0 Å². The van der Waals surface area contributed by atoms with E-state index >= 15 is 0 Å². The first kappa shape index (κ1) is 13.7. The van der Waals surface area contributed by atoms with Crippen LogP contribution in [0.1, 0.15) is 27.6 Å². The van der Waals surface area contributed by atoms with E-state index in [1.54, 1.807) is 0 Å². The molecule has 94 valence electrons. The molecule has 0 aliphatic carbocycles. The van der Waals surface area contributed by atoms with E-state index in [1.165, 1.54) is 5.56 Å². The van der Waals surface area contributed by atoms with Gasteiger partial charge in [-0.25, -0.2) is 0 Å². The van der Waals surface area contributed by atoms with E-state index in [1.807, 2.05) is 50.2 Å². The molecule has 1 atom stereocenters. The van der Waals surface area contributed by atoms with E-state index in [0.717, 1.165) is 16.7 Å². The van der Waals surface area contributed by atoms with Gasteiger partial charge < -0.3 is 0 Å². The Bertz CT molecular complexity index is 576. The van der Waals surface area contributed by atoms with Gasteiger partial charge in [0.1, 0.15) is 0 Å². The van der Waals surface area contributed by atoms with Gasteiger partial charge in [-0.2, -0.15) is 0 Å². The van der Waals surface area contributed by atoms with Crippen LogP contribution in [0.15, 0.2) is 36.4 Å². The van der Waals surface area contributed by atoms with Crippen molar-refractivity contribution in [1.29, 1.82) is 0 Å². The highest BCUT2D eigenvalue weighted by molar-refractivity contribution is 6.35. The number of aryl methyl sites for hydroxylation is 2. The molecule has 0 saturated heterocycles. The van der Waals surface area contributed by atoms with Gasteiger partial charge in [-0.3, -0.25) is 0 Å². The first-order valence-electron chi connectivity index (χ1n) is 5.66. The van der Waals surface area contributed by atoms with Crippen LogP contribution in [-0.2, 0) is 0 Å². The Kier molecular flexibility index (Phi) is 4.21. The summed E-state index contributed by atoms with van der Waals surface area (Å²) in [5.41, 5.74) is 4.11. The zero-order valence-electron chi connectivity index (χ0n) is 10.2. The van der Waals surface area contributed by atoms with Crippen molar-refractivity contribution in [2.24, 2.45) is 0 Å². The minimum absolute atomic E-state index is 0.328. The number of hydrogen-bond donors (Lipinski definition) is 0. The van der Waals surface area contributed by atoms with Crippen molar-refractivity contribution in [3.63, 3.8) is 0 Å². The quantitative estimate of drug-likeness (QED) is 0.602. The molecule has 0 amide bonds. The maximum atomic E-state index is 6.50. The van der Waals surface area contributed by atoms with Crippen molar-refractivity contribution >= 4 is 34.8 Å². The summed E-state index contributed by atoms with van der Waals surface area (Å²) in [6.45, 7) is 4.08. The molecule has 3 heteroatoms. The Morgan fingerprint density at radius 3 is 2.11 bits per heavy atom. The molecule has 2 rings (SSSR count). The van der Waals surface area contributed by atoms with Crippen molar-refractivity contribution < 1.29 is 0 Å². The van der Waals surface area contributed by atoms with Crippen LogP contribution in [0.5, 0.6) is 0 Å². The molecule has 0 saturated carbocycles. The van der Waals surface area contributed by atoms with Gasteiger partial charge in [-0.15, -0.1) is 11.6 Å². The Morgan fingerprint density at radius 1 is 0.833 bits per heavy atom. The lowest BCUT2D eigenvalue weighted by Gasteiger charge is -2.15. The smallest absolute Gasteiger partial charge is 0.0864 e. The van der Waals surface area contributed by atoms with E-state index in [0.29, 0.717) is 10.0 Å². The van der Waals surface area contributed by atoms with Gasteiger partial charge in [0, 0.05) is 10.0 Å². The third kappa shape index (κ3) is 2.66. The number of halogens is 3. The summed E-state index contributed by atoms with van der Waals surface area (Å²) in [5.74, 6) is 0. The lowest BCUT2D eigenvalue weighted by molar-refractivity contribution is 1.12. The summed E-state index contributed by atoms with van der Waals surface area (Å²) in [6, 6.07) is 11.5. The van der Waals surface area contributed by atoms with Crippen LogP contribution < -0.4 is 0 Å². The molecule has 0 fully saturated rings. The Hall–Kier alpha value is -0.690. The van der Waals surface area contributed by atoms with Crippen molar-refractivity contribution in [3.05, 3.63) is 68.7 Å². The van der Waals surface area contributed by atoms with Gasteiger partial charge in [-0.05, 0) is 48.2 Å². The molecular weight excluding hydrogens is 287 g/mol. The van der Waals surface area contributed by atoms with E-state index in [2.05, 4.69) is 0 Å². The predicted molar refractivity (Wildman–Crippen MR) is 80.1 cm³/mol. The van der Waals surface area contributed by atoms with Gasteiger partial charge in [-0.1, -0.05) is 47.5 Å². The minimum Gasteiger partial charge on any atom is -0.112 e. The van der Waals surface area contributed by atoms with Crippen molar-refractivity contribution in [3.8, 4) is 0 Å². The molecule has 0 aromatic heterocycles. The molecular formula is C15H13Cl3. The highest BCUT2D eigenvalue weighted by Crippen LogP contribution is 2.37. The fourth-order valence-corrected chi connectivity index (χ4v) is 2.90. The Morgan fingerprint density at radius 2 is 1.44 bits per heavy atom. The molecule has 0 heterocycles. The molecule has 0 bridgehead atoms. The van der Waals surface area contributed by atoms with E-state index < -0.39 is 0 Å². The van der Waals surface area contributed by atoms with Gasteiger partial charge in [0.05, 0.1) is 5.38 Å². The fraction of sp³-hybridized carbons (Fsp3) is 0.200. The molecule has 18 heavy (non-hydrogen) atoms. The summed E-state index contributed by atoms with van der Waals surface area (Å²) in [5, 5.41) is 1.01. The van der Waals surface area contributed by atoms with Crippen LogP contribution >= 0.6 is 34.8 Å².